The third-order valence-corrected chi connectivity index (χ3v) is 5.33. The number of rotatable bonds is 8. The van der Waals surface area contributed by atoms with Gasteiger partial charge in [0, 0.05) is 41.9 Å². The molecule has 1 aliphatic carbocycles. The van der Waals surface area contributed by atoms with Crippen molar-refractivity contribution in [3.05, 3.63) is 16.1 Å². The number of aliphatic hydroxyl groups is 1. The summed E-state index contributed by atoms with van der Waals surface area (Å²) < 4.78 is 0. The van der Waals surface area contributed by atoms with Crippen LogP contribution < -0.4 is 5.32 Å². The van der Waals surface area contributed by atoms with Gasteiger partial charge in [0.05, 0.1) is 5.01 Å². The van der Waals surface area contributed by atoms with E-state index in [0.29, 0.717) is 6.04 Å². The first-order valence-electron chi connectivity index (χ1n) is 6.61. The third kappa shape index (κ3) is 3.95. The molecule has 1 heterocycles. The van der Waals surface area contributed by atoms with Gasteiger partial charge in [-0.1, -0.05) is 6.42 Å². The molecule has 0 bridgehead atoms. The van der Waals surface area contributed by atoms with Gasteiger partial charge in [-0.2, -0.15) is 11.8 Å². The second-order valence-corrected chi connectivity index (χ2v) is 6.90. The molecule has 0 saturated heterocycles. The van der Waals surface area contributed by atoms with E-state index < -0.39 is 0 Å². The van der Waals surface area contributed by atoms with Crippen LogP contribution in [0.4, 0.5) is 0 Å². The summed E-state index contributed by atoms with van der Waals surface area (Å²) >= 11 is 3.67. The number of nitrogens with zero attached hydrogens (tertiary/aromatic N) is 1. The largest absolute Gasteiger partial charge is 0.396 e. The summed E-state index contributed by atoms with van der Waals surface area (Å²) in [5, 5.41) is 13.9. The third-order valence-electron chi connectivity index (χ3n) is 3.44. The van der Waals surface area contributed by atoms with E-state index in [1.54, 1.807) is 0 Å². The minimum Gasteiger partial charge on any atom is -0.396 e. The molecule has 5 heteroatoms. The first-order chi connectivity index (χ1) is 8.83. The van der Waals surface area contributed by atoms with E-state index in [1.807, 2.05) is 29.3 Å². The molecule has 1 atom stereocenters. The van der Waals surface area contributed by atoms with Crippen molar-refractivity contribution in [1.82, 2.24) is 10.3 Å². The summed E-state index contributed by atoms with van der Waals surface area (Å²) in [4.78, 5) is 5.85. The molecule has 1 unspecified atom stereocenters. The van der Waals surface area contributed by atoms with Gasteiger partial charge in [-0.15, -0.1) is 11.3 Å². The first-order valence-corrected chi connectivity index (χ1v) is 8.82. The highest BCUT2D eigenvalue weighted by Crippen LogP contribution is 2.38. The van der Waals surface area contributed by atoms with Crippen molar-refractivity contribution >= 4 is 23.1 Å². The molecule has 1 saturated carbocycles. The zero-order chi connectivity index (χ0) is 12.8. The predicted octanol–water partition coefficient (Wildman–Crippen LogP) is 2.61. The first kappa shape index (κ1) is 14.3. The van der Waals surface area contributed by atoms with Gasteiger partial charge in [-0.3, -0.25) is 0 Å². The fourth-order valence-electron chi connectivity index (χ4n) is 2.09. The number of nitrogens with one attached hydrogen (secondary N) is 1. The van der Waals surface area contributed by atoms with Crippen molar-refractivity contribution < 1.29 is 5.11 Å². The Morgan fingerprint density at radius 3 is 3.06 bits per heavy atom. The Bertz CT molecular complexity index is 347. The topological polar surface area (TPSA) is 45.1 Å². The van der Waals surface area contributed by atoms with Gasteiger partial charge in [0.2, 0.25) is 0 Å². The second-order valence-electron chi connectivity index (χ2n) is 4.84. The molecule has 1 aromatic rings. The van der Waals surface area contributed by atoms with Crippen LogP contribution in [0.25, 0.3) is 0 Å². The summed E-state index contributed by atoms with van der Waals surface area (Å²) in [5.41, 5.74) is 0. The molecule has 18 heavy (non-hydrogen) atoms. The number of hydrogen-bond acceptors (Lipinski definition) is 5. The maximum Gasteiger partial charge on any atom is 0.0959 e. The van der Waals surface area contributed by atoms with Crippen LogP contribution >= 0.6 is 23.1 Å². The quantitative estimate of drug-likeness (QED) is 0.771. The molecule has 1 fully saturated rings. The lowest BCUT2D eigenvalue weighted by molar-refractivity contribution is 0.270. The molecule has 102 valence electrons. The van der Waals surface area contributed by atoms with Crippen LogP contribution in [0.15, 0.2) is 6.20 Å². The molecule has 1 aromatic heterocycles. The van der Waals surface area contributed by atoms with Crippen molar-refractivity contribution in [2.24, 2.45) is 0 Å². The maximum absolute atomic E-state index is 9.02. The Kier molecular flexibility index (Phi) is 5.95. The molecule has 0 amide bonds. The van der Waals surface area contributed by atoms with Crippen LogP contribution in [0.2, 0.25) is 0 Å². The van der Waals surface area contributed by atoms with Crippen molar-refractivity contribution in [3.63, 3.8) is 0 Å². The molecular formula is C13H22N2OS2. The number of thioether (sulfide) groups is 1. The number of aromatic nitrogens is 1. The van der Waals surface area contributed by atoms with E-state index in [1.165, 1.54) is 29.1 Å². The van der Waals surface area contributed by atoms with Crippen LogP contribution in [-0.2, 0) is 6.54 Å². The Morgan fingerprint density at radius 1 is 1.61 bits per heavy atom. The van der Waals surface area contributed by atoms with E-state index in [2.05, 4.69) is 16.6 Å². The molecule has 3 nitrogen and oxygen atoms in total. The smallest absolute Gasteiger partial charge is 0.0959 e. The molecule has 1 aliphatic rings. The Labute approximate surface area is 117 Å². The van der Waals surface area contributed by atoms with Crippen LogP contribution in [0, 0.1) is 0 Å². The van der Waals surface area contributed by atoms with Gasteiger partial charge in [0.15, 0.2) is 0 Å². The average molecular weight is 286 g/mol. The second kappa shape index (κ2) is 7.48. The predicted molar refractivity (Wildman–Crippen MR) is 79.4 cm³/mol. The molecule has 2 rings (SSSR count). The van der Waals surface area contributed by atoms with E-state index in [9.17, 15) is 0 Å². The Balaban J connectivity index is 1.79. The lowest BCUT2D eigenvalue weighted by atomic mass is 9.86. The summed E-state index contributed by atoms with van der Waals surface area (Å²) in [7, 11) is 0. The van der Waals surface area contributed by atoms with Crippen LogP contribution in [-0.4, -0.2) is 34.7 Å². The van der Waals surface area contributed by atoms with Gasteiger partial charge in [-0.25, -0.2) is 4.98 Å². The van der Waals surface area contributed by atoms with Gasteiger partial charge >= 0.3 is 0 Å². The highest BCUT2D eigenvalue weighted by Gasteiger charge is 2.22. The van der Waals surface area contributed by atoms with Gasteiger partial charge < -0.3 is 10.4 Å². The minimum atomic E-state index is 0.258. The van der Waals surface area contributed by atoms with Crippen molar-refractivity contribution in [1.29, 1.82) is 0 Å². The average Bonchev–Trinajstić information content (AvgIpc) is 2.73. The summed E-state index contributed by atoms with van der Waals surface area (Å²) in [6.07, 6.45) is 8.95. The van der Waals surface area contributed by atoms with Crippen molar-refractivity contribution in [2.45, 2.75) is 44.2 Å². The van der Waals surface area contributed by atoms with E-state index in [0.717, 1.165) is 24.6 Å². The molecule has 0 spiro atoms. The summed E-state index contributed by atoms with van der Waals surface area (Å²) in [6, 6.07) is 0.402. The number of hydrogen-bond donors (Lipinski definition) is 2. The lowest BCUT2D eigenvalue weighted by Gasteiger charge is -2.22. The summed E-state index contributed by atoms with van der Waals surface area (Å²) in [6.45, 7) is 1.14. The number of aliphatic hydroxyl groups excluding tert-OH is 1. The fraction of sp³-hybridized carbons (Fsp3) is 0.769. The normalized spacial score (nSPS) is 17.7. The molecule has 0 radical (unpaired) electrons. The summed E-state index contributed by atoms with van der Waals surface area (Å²) in [5.74, 6) is 1.79. The molecular weight excluding hydrogens is 264 g/mol. The van der Waals surface area contributed by atoms with E-state index in [4.69, 9.17) is 5.11 Å². The highest BCUT2D eigenvalue weighted by molar-refractivity contribution is 7.98. The highest BCUT2D eigenvalue weighted by atomic mass is 32.2. The molecule has 0 aromatic carbocycles. The van der Waals surface area contributed by atoms with Crippen molar-refractivity contribution in [3.8, 4) is 0 Å². The fourth-order valence-corrected chi connectivity index (χ4v) is 3.82. The maximum atomic E-state index is 9.02. The van der Waals surface area contributed by atoms with Crippen LogP contribution in [0.3, 0.4) is 0 Å². The van der Waals surface area contributed by atoms with Crippen molar-refractivity contribution in [2.75, 3.05) is 18.6 Å². The minimum absolute atomic E-state index is 0.258. The SMILES string of the molecule is CSCC(CCO)NCc1cnc(C2CCC2)s1. The van der Waals surface area contributed by atoms with Crippen LogP contribution in [0.5, 0.6) is 0 Å². The van der Waals surface area contributed by atoms with E-state index in [-0.39, 0.29) is 6.61 Å². The Morgan fingerprint density at radius 2 is 2.44 bits per heavy atom. The monoisotopic (exact) mass is 286 g/mol. The van der Waals surface area contributed by atoms with E-state index >= 15 is 0 Å². The standard InChI is InChI=1S/C13H22N2OS2/c1-17-9-11(5-6-16)14-7-12-8-15-13(18-12)10-3-2-4-10/h8,10-11,14,16H,2-7,9H2,1H3. The zero-order valence-corrected chi connectivity index (χ0v) is 12.5. The zero-order valence-electron chi connectivity index (χ0n) is 10.9. The molecule has 2 N–H and O–H groups in total. The Hall–Kier alpha value is -0.100. The van der Waals surface area contributed by atoms with Gasteiger partial charge in [0.25, 0.3) is 0 Å². The van der Waals surface area contributed by atoms with Gasteiger partial charge in [-0.05, 0) is 25.5 Å². The number of thiazole rings is 1. The molecule has 0 aliphatic heterocycles. The lowest BCUT2D eigenvalue weighted by Crippen LogP contribution is -2.31. The van der Waals surface area contributed by atoms with Gasteiger partial charge in [0.1, 0.15) is 0 Å². The van der Waals surface area contributed by atoms with Crippen LogP contribution in [0.1, 0.15) is 41.5 Å².